The number of allylic oxidation sites excluding steroid dienone is 1. The third kappa shape index (κ3) is 4.27. The zero-order valence-corrected chi connectivity index (χ0v) is 7.14. The minimum atomic E-state index is -1.19. The average molecular weight is 187 g/mol. The van der Waals surface area contributed by atoms with Gasteiger partial charge in [0.2, 0.25) is 0 Å². The SMILES string of the molecule is C=CCC(CC(=O)O)[C@H](N)C(=O)O. The van der Waals surface area contributed by atoms with Crippen molar-refractivity contribution in [1.29, 1.82) is 0 Å². The molecule has 4 N–H and O–H groups in total. The Morgan fingerprint density at radius 1 is 1.46 bits per heavy atom. The molecule has 0 aromatic carbocycles. The summed E-state index contributed by atoms with van der Waals surface area (Å²) in [6.45, 7) is 3.41. The summed E-state index contributed by atoms with van der Waals surface area (Å²) in [6.07, 6.45) is 1.51. The molecule has 0 fully saturated rings. The summed E-state index contributed by atoms with van der Waals surface area (Å²) >= 11 is 0. The molecule has 0 saturated carbocycles. The van der Waals surface area contributed by atoms with Crippen molar-refractivity contribution >= 4 is 11.9 Å². The van der Waals surface area contributed by atoms with Crippen molar-refractivity contribution in [3.05, 3.63) is 12.7 Å². The first-order valence-corrected chi connectivity index (χ1v) is 3.80. The predicted molar refractivity (Wildman–Crippen MR) is 46.2 cm³/mol. The summed E-state index contributed by atoms with van der Waals surface area (Å²) in [5.74, 6) is -2.83. The molecule has 0 aliphatic heterocycles. The normalized spacial score (nSPS) is 14.5. The molecule has 0 aliphatic carbocycles. The highest BCUT2D eigenvalue weighted by Gasteiger charge is 2.25. The summed E-state index contributed by atoms with van der Waals surface area (Å²) in [6, 6.07) is -1.14. The summed E-state index contributed by atoms with van der Waals surface area (Å²) in [4.78, 5) is 20.8. The van der Waals surface area contributed by atoms with Crippen molar-refractivity contribution in [3.63, 3.8) is 0 Å². The van der Waals surface area contributed by atoms with Gasteiger partial charge in [0.05, 0.1) is 6.42 Å². The van der Waals surface area contributed by atoms with Gasteiger partial charge in [-0.3, -0.25) is 9.59 Å². The third-order valence-electron chi connectivity index (χ3n) is 1.70. The Balaban J connectivity index is 4.30. The Hall–Kier alpha value is -1.36. The van der Waals surface area contributed by atoms with E-state index in [1.54, 1.807) is 0 Å². The van der Waals surface area contributed by atoms with Crippen LogP contribution < -0.4 is 5.73 Å². The van der Waals surface area contributed by atoms with Crippen molar-refractivity contribution < 1.29 is 19.8 Å². The number of hydrogen-bond acceptors (Lipinski definition) is 3. The van der Waals surface area contributed by atoms with Gasteiger partial charge in [0.1, 0.15) is 6.04 Å². The zero-order valence-electron chi connectivity index (χ0n) is 7.14. The molecule has 0 heterocycles. The van der Waals surface area contributed by atoms with Crippen LogP contribution in [0.1, 0.15) is 12.8 Å². The quantitative estimate of drug-likeness (QED) is 0.510. The van der Waals surface area contributed by atoms with E-state index in [9.17, 15) is 9.59 Å². The van der Waals surface area contributed by atoms with Gasteiger partial charge >= 0.3 is 11.9 Å². The van der Waals surface area contributed by atoms with Gasteiger partial charge in [-0.05, 0) is 12.3 Å². The van der Waals surface area contributed by atoms with E-state index in [1.165, 1.54) is 6.08 Å². The van der Waals surface area contributed by atoms with E-state index in [2.05, 4.69) is 6.58 Å². The molecule has 74 valence electrons. The predicted octanol–water partition coefficient (Wildman–Crippen LogP) is 0.0653. The minimum absolute atomic E-state index is 0.251. The maximum Gasteiger partial charge on any atom is 0.320 e. The van der Waals surface area contributed by atoms with Crippen LogP contribution in [-0.2, 0) is 9.59 Å². The molecule has 2 atom stereocenters. The highest BCUT2D eigenvalue weighted by Crippen LogP contribution is 2.13. The van der Waals surface area contributed by atoms with Crippen LogP contribution in [0.25, 0.3) is 0 Å². The number of carbonyl (C=O) groups is 2. The van der Waals surface area contributed by atoms with E-state index >= 15 is 0 Å². The van der Waals surface area contributed by atoms with E-state index < -0.39 is 23.9 Å². The van der Waals surface area contributed by atoms with Gasteiger partial charge in [-0.1, -0.05) is 6.08 Å². The Labute approximate surface area is 75.9 Å². The summed E-state index contributed by atoms with van der Waals surface area (Å²) in [5.41, 5.74) is 5.28. The number of rotatable bonds is 6. The van der Waals surface area contributed by atoms with Gasteiger partial charge < -0.3 is 15.9 Å². The van der Waals surface area contributed by atoms with Gasteiger partial charge in [-0.15, -0.1) is 6.58 Å². The number of hydrogen-bond donors (Lipinski definition) is 3. The van der Waals surface area contributed by atoms with Crippen molar-refractivity contribution in [1.82, 2.24) is 0 Å². The second-order valence-corrected chi connectivity index (χ2v) is 2.75. The molecule has 0 aromatic heterocycles. The fraction of sp³-hybridized carbons (Fsp3) is 0.500. The molecule has 0 amide bonds. The van der Waals surface area contributed by atoms with E-state index in [0.29, 0.717) is 6.42 Å². The molecule has 0 spiro atoms. The first-order valence-electron chi connectivity index (χ1n) is 3.80. The number of nitrogens with two attached hydrogens (primary N) is 1. The highest BCUT2D eigenvalue weighted by molar-refractivity contribution is 5.75. The molecular formula is C8H13NO4. The lowest BCUT2D eigenvalue weighted by Crippen LogP contribution is -2.38. The third-order valence-corrected chi connectivity index (χ3v) is 1.70. The number of carboxylic acids is 2. The Morgan fingerprint density at radius 2 is 2.00 bits per heavy atom. The first kappa shape index (κ1) is 11.6. The van der Waals surface area contributed by atoms with Gasteiger partial charge in [0.25, 0.3) is 0 Å². The molecule has 0 rings (SSSR count). The van der Waals surface area contributed by atoms with Crippen molar-refractivity contribution in [3.8, 4) is 0 Å². The smallest absolute Gasteiger partial charge is 0.320 e. The van der Waals surface area contributed by atoms with Crippen LogP contribution in [-0.4, -0.2) is 28.2 Å². The Bertz CT molecular complexity index is 214. The molecule has 0 bridgehead atoms. The van der Waals surface area contributed by atoms with Crippen LogP contribution in [0, 0.1) is 5.92 Å². The summed E-state index contributed by atoms with van der Waals surface area (Å²) < 4.78 is 0. The van der Waals surface area contributed by atoms with Crippen LogP contribution in [0.2, 0.25) is 0 Å². The zero-order chi connectivity index (χ0) is 10.4. The monoisotopic (exact) mass is 187 g/mol. The lowest BCUT2D eigenvalue weighted by Gasteiger charge is -2.16. The van der Waals surface area contributed by atoms with Gasteiger partial charge in [0.15, 0.2) is 0 Å². The molecule has 1 unspecified atom stereocenters. The van der Waals surface area contributed by atoms with Gasteiger partial charge in [-0.25, -0.2) is 0 Å². The van der Waals surface area contributed by atoms with Crippen LogP contribution >= 0.6 is 0 Å². The van der Waals surface area contributed by atoms with Gasteiger partial charge in [0, 0.05) is 0 Å². The Morgan fingerprint density at radius 3 is 2.31 bits per heavy atom. The van der Waals surface area contributed by atoms with E-state index in [-0.39, 0.29) is 6.42 Å². The molecule has 5 nitrogen and oxygen atoms in total. The lowest BCUT2D eigenvalue weighted by atomic mass is 9.93. The van der Waals surface area contributed by atoms with Crippen LogP contribution in [0.15, 0.2) is 12.7 Å². The lowest BCUT2D eigenvalue weighted by molar-refractivity contribution is -0.141. The average Bonchev–Trinajstić information content (AvgIpc) is 2.01. The molecule has 0 radical (unpaired) electrons. The minimum Gasteiger partial charge on any atom is -0.481 e. The maximum absolute atomic E-state index is 10.4. The van der Waals surface area contributed by atoms with E-state index in [0.717, 1.165) is 0 Å². The highest BCUT2D eigenvalue weighted by atomic mass is 16.4. The van der Waals surface area contributed by atoms with Crippen molar-refractivity contribution in [2.24, 2.45) is 11.7 Å². The summed E-state index contributed by atoms with van der Waals surface area (Å²) in [5, 5.41) is 17.0. The molecule has 13 heavy (non-hydrogen) atoms. The van der Waals surface area contributed by atoms with Crippen LogP contribution in [0.3, 0.4) is 0 Å². The molecule has 5 heteroatoms. The van der Waals surface area contributed by atoms with E-state index in [1.807, 2.05) is 0 Å². The molecule has 0 aliphatic rings. The number of aliphatic carboxylic acids is 2. The van der Waals surface area contributed by atoms with Crippen LogP contribution in [0.4, 0.5) is 0 Å². The van der Waals surface area contributed by atoms with E-state index in [4.69, 9.17) is 15.9 Å². The van der Waals surface area contributed by atoms with Crippen LogP contribution in [0.5, 0.6) is 0 Å². The topological polar surface area (TPSA) is 101 Å². The van der Waals surface area contributed by atoms with Crippen molar-refractivity contribution in [2.45, 2.75) is 18.9 Å². The second kappa shape index (κ2) is 5.31. The second-order valence-electron chi connectivity index (χ2n) is 2.75. The first-order chi connectivity index (χ1) is 5.99. The fourth-order valence-corrected chi connectivity index (χ4v) is 0.997. The Kier molecular flexibility index (Phi) is 4.76. The maximum atomic E-state index is 10.4. The summed E-state index contributed by atoms with van der Waals surface area (Å²) in [7, 11) is 0. The standard InChI is InChI=1S/C8H13NO4/c1-2-3-5(4-6(10)11)7(9)8(12)13/h2,5,7H,1,3-4,9H2,(H,10,11)(H,12,13)/t5?,7-/m0/s1. The molecular weight excluding hydrogens is 174 g/mol. The number of carboxylic acid groups (broad SMARTS) is 2. The fourth-order valence-electron chi connectivity index (χ4n) is 0.997. The van der Waals surface area contributed by atoms with Crippen molar-refractivity contribution in [2.75, 3.05) is 0 Å². The molecule has 0 aromatic rings. The largest absolute Gasteiger partial charge is 0.481 e. The van der Waals surface area contributed by atoms with Gasteiger partial charge in [-0.2, -0.15) is 0 Å². The molecule has 0 saturated heterocycles.